The third kappa shape index (κ3) is 3.24. The van der Waals surface area contributed by atoms with Crippen molar-refractivity contribution >= 4 is 0 Å². The Morgan fingerprint density at radius 1 is 1.21 bits per heavy atom. The van der Waals surface area contributed by atoms with Crippen LogP contribution in [-0.4, -0.2) is 16.3 Å². The van der Waals surface area contributed by atoms with Gasteiger partial charge < -0.3 is 5.32 Å². The Morgan fingerprint density at radius 2 is 2.00 bits per heavy atom. The molecule has 0 aliphatic heterocycles. The van der Waals surface area contributed by atoms with Crippen LogP contribution in [0.3, 0.4) is 0 Å². The molecule has 1 unspecified atom stereocenters. The number of nitrogens with one attached hydrogen (secondary N) is 1. The van der Waals surface area contributed by atoms with Crippen LogP contribution in [0, 0.1) is 13.8 Å². The van der Waals surface area contributed by atoms with E-state index in [4.69, 9.17) is 0 Å². The molecule has 2 rings (SSSR count). The molecule has 3 nitrogen and oxygen atoms in total. The molecule has 1 aromatic heterocycles. The summed E-state index contributed by atoms with van der Waals surface area (Å²) in [5.74, 6) is 0. The second-order valence-electron chi connectivity index (χ2n) is 5.18. The lowest BCUT2D eigenvalue weighted by Gasteiger charge is -2.18. The Hall–Kier alpha value is -1.61. The van der Waals surface area contributed by atoms with Gasteiger partial charge in [0.2, 0.25) is 0 Å². The lowest BCUT2D eigenvalue weighted by molar-refractivity contribution is 0.597. The lowest BCUT2D eigenvalue weighted by Crippen LogP contribution is -2.23. The fourth-order valence-electron chi connectivity index (χ4n) is 2.25. The van der Waals surface area contributed by atoms with Gasteiger partial charge in [0, 0.05) is 18.8 Å². The zero-order valence-corrected chi connectivity index (χ0v) is 12.3. The van der Waals surface area contributed by atoms with Gasteiger partial charge in [-0.15, -0.1) is 0 Å². The molecule has 102 valence electrons. The summed E-state index contributed by atoms with van der Waals surface area (Å²) in [5, 5.41) is 7.90. The molecule has 0 saturated carbocycles. The van der Waals surface area contributed by atoms with Crippen LogP contribution < -0.4 is 5.32 Å². The molecule has 0 aliphatic rings. The topological polar surface area (TPSA) is 29.9 Å². The van der Waals surface area contributed by atoms with Gasteiger partial charge >= 0.3 is 0 Å². The number of nitrogens with zero attached hydrogens (tertiary/aromatic N) is 2. The smallest absolute Gasteiger partial charge is 0.0608 e. The Morgan fingerprint density at radius 3 is 2.58 bits per heavy atom. The average molecular weight is 257 g/mol. The summed E-state index contributed by atoms with van der Waals surface area (Å²) >= 11 is 0. The zero-order chi connectivity index (χ0) is 13.8. The van der Waals surface area contributed by atoms with E-state index in [1.165, 1.54) is 22.3 Å². The van der Waals surface area contributed by atoms with Crippen molar-refractivity contribution in [2.24, 2.45) is 7.05 Å². The van der Waals surface area contributed by atoms with Gasteiger partial charge in [0.15, 0.2) is 0 Å². The van der Waals surface area contributed by atoms with Gasteiger partial charge in [-0.25, -0.2) is 0 Å². The third-order valence-electron chi connectivity index (χ3n) is 3.52. The summed E-state index contributed by atoms with van der Waals surface area (Å²) in [5.41, 5.74) is 5.21. The van der Waals surface area contributed by atoms with E-state index in [-0.39, 0.29) is 6.04 Å². The Bertz CT molecular complexity index is 543. The van der Waals surface area contributed by atoms with Crippen molar-refractivity contribution < 1.29 is 0 Å². The quantitative estimate of drug-likeness (QED) is 0.892. The van der Waals surface area contributed by atoms with E-state index in [0.29, 0.717) is 0 Å². The first kappa shape index (κ1) is 13.8. The number of benzene rings is 1. The predicted octanol–water partition coefficient (Wildman–Crippen LogP) is 3.13. The molecule has 3 heteroatoms. The van der Waals surface area contributed by atoms with Crippen LogP contribution in [0.1, 0.15) is 41.6 Å². The highest BCUT2D eigenvalue weighted by atomic mass is 15.2. The van der Waals surface area contributed by atoms with Gasteiger partial charge in [0.25, 0.3) is 0 Å². The van der Waals surface area contributed by atoms with Gasteiger partial charge in [0.1, 0.15) is 0 Å². The van der Waals surface area contributed by atoms with E-state index in [1.807, 2.05) is 17.9 Å². The SMILES string of the molecule is CCCNC(c1ccc(C)c(C)c1)c1cnn(C)c1. The first-order chi connectivity index (χ1) is 9.11. The standard InChI is InChI=1S/C16H23N3/c1-5-8-17-16(15-10-18-19(4)11-15)14-7-6-12(2)13(3)9-14/h6-7,9-11,16-17H,5,8H2,1-4H3. The van der Waals surface area contributed by atoms with Crippen molar-refractivity contribution in [3.05, 3.63) is 52.8 Å². The van der Waals surface area contributed by atoms with E-state index in [0.717, 1.165) is 13.0 Å². The summed E-state index contributed by atoms with van der Waals surface area (Å²) in [6.07, 6.45) is 5.16. The van der Waals surface area contributed by atoms with Crippen molar-refractivity contribution in [1.82, 2.24) is 15.1 Å². The maximum atomic E-state index is 4.29. The molecular formula is C16H23N3. The van der Waals surface area contributed by atoms with Crippen LogP contribution >= 0.6 is 0 Å². The summed E-state index contributed by atoms with van der Waals surface area (Å²) < 4.78 is 1.86. The molecule has 0 bridgehead atoms. The molecule has 0 fully saturated rings. The van der Waals surface area contributed by atoms with Crippen molar-refractivity contribution in [2.45, 2.75) is 33.2 Å². The van der Waals surface area contributed by atoms with Crippen LogP contribution in [-0.2, 0) is 7.05 Å². The van der Waals surface area contributed by atoms with Crippen molar-refractivity contribution in [3.63, 3.8) is 0 Å². The molecule has 1 heterocycles. The molecule has 0 radical (unpaired) electrons. The van der Waals surface area contributed by atoms with Gasteiger partial charge in [0.05, 0.1) is 12.2 Å². The highest BCUT2D eigenvalue weighted by molar-refractivity contribution is 5.36. The number of rotatable bonds is 5. The molecular weight excluding hydrogens is 234 g/mol. The molecule has 1 aromatic carbocycles. The van der Waals surface area contributed by atoms with Gasteiger partial charge in [-0.05, 0) is 43.5 Å². The zero-order valence-electron chi connectivity index (χ0n) is 12.3. The minimum atomic E-state index is 0.230. The average Bonchev–Trinajstić information content (AvgIpc) is 2.80. The molecule has 0 amide bonds. The van der Waals surface area contributed by atoms with Gasteiger partial charge in [-0.2, -0.15) is 5.10 Å². The van der Waals surface area contributed by atoms with Crippen LogP contribution in [0.5, 0.6) is 0 Å². The number of hydrogen-bond acceptors (Lipinski definition) is 2. The van der Waals surface area contributed by atoms with E-state index in [2.05, 4.69) is 55.6 Å². The highest BCUT2D eigenvalue weighted by Crippen LogP contribution is 2.23. The Labute approximate surface area is 115 Å². The maximum absolute atomic E-state index is 4.29. The van der Waals surface area contributed by atoms with Crippen LogP contribution in [0.15, 0.2) is 30.6 Å². The first-order valence-electron chi connectivity index (χ1n) is 6.91. The second-order valence-corrected chi connectivity index (χ2v) is 5.18. The fourth-order valence-corrected chi connectivity index (χ4v) is 2.25. The first-order valence-corrected chi connectivity index (χ1v) is 6.91. The molecule has 1 atom stereocenters. The predicted molar refractivity (Wildman–Crippen MR) is 79.3 cm³/mol. The molecule has 1 N–H and O–H groups in total. The van der Waals surface area contributed by atoms with Crippen LogP contribution in [0.4, 0.5) is 0 Å². The van der Waals surface area contributed by atoms with E-state index in [1.54, 1.807) is 0 Å². The molecule has 0 aliphatic carbocycles. The monoisotopic (exact) mass is 257 g/mol. The van der Waals surface area contributed by atoms with E-state index in [9.17, 15) is 0 Å². The highest BCUT2D eigenvalue weighted by Gasteiger charge is 2.15. The number of hydrogen-bond donors (Lipinski definition) is 1. The normalized spacial score (nSPS) is 12.6. The minimum Gasteiger partial charge on any atom is -0.306 e. The molecule has 0 saturated heterocycles. The van der Waals surface area contributed by atoms with Crippen molar-refractivity contribution in [1.29, 1.82) is 0 Å². The Balaban J connectivity index is 2.33. The van der Waals surface area contributed by atoms with Crippen molar-refractivity contribution in [3.8, 4) is 0 Å². The largest absolute Gasteiger partial charge is 0.306 e. The molecule has 2 aromatic rings. The number of aromatic nitrogens is 2. The maximum Gasteiger partial charge on any atom is 0.0608 e. The third-order valence-corrected chi connectivity index (χ3v) is 3.52. The van der Waals surface area contributed by atoms with Gasteiger partial charge in [-0.1, -0.05) is 25.1 Å². The Kier molecular flexibility index (Phi) is 4.38. The summed E-state index contributed by atoms with van der Waals surface area (Å²) in [4.78, 5) is 0. The number of aryl methyl sites for hydroxylation is 3. The molecule has 0 spiro atoms. The summed E-state index contributed by atoms with van der Waals surface area (Å²) in [7, 11) is 1.96. The molecule has 19 heavy (non-hydrogen) atoms. The van der Waals surface area contributed by atoms with E-state index >= 15 is 0 Å². The lowest BCUT2D eigenvalue weighted by atomic mass is 9.97. The fraction of sp³-hybridized carbons (Fsp3) is 0.438. The second kappa shape index (κ2) is 6.02. The van der Waals surface area contributed by atoms with E-state index < -0.39 is 0 Å². The van der Waals surface area contributed by atoms with Crippen LogP contribution in [0.2, 0.25) is 0 Å². The minimum absolute atomic E-state index is 0.230. The van der Waals surface area contributed by atoms with Crippen molar-refractivity contribution in [2.75, 3.05) is 6.54 Å². The van der Waals surface area contributed by atoms with Crippen LogP contribution in [0.25, 0.3) is 0 Å². The summed E-state index contributed by atoms with van der Waals surface area (Å²) in [6.45, 7) is 7.51. The summed E-state index contributed by atoms with van der Waals surface area (Å²) in [6, 6.07) is 6.91. The van der Waals surface area contributed by atoms with Gasteiger partial charge in [-0.3, -0.25) is 4.68 Å².